The molecule has 2 rings (SSSR count). The third-order valence-electron chi connectivity index (χ3n) is 4.59. The molecule has 23 heavy (non-hydrogen) atoms. The number of hydrogen-bond acceptors (Lipinski definition) is 3. The van der Waals surface area contributed by atoms with Gasteiger partial charge in [0.2, 0.25) is 0 Å². The molecule has 4 nitrogen and oxygen atoms in total. The Hall–Kier alpha value is -1.07. The average Bonchev–Trinajstić information content (AvgIpc) is 3.15. The zero-order chi connectivity index (χ0) is 16.8. The molecule has 1 aromatic heterocycles. The summed E-state index contributed by atoms with van der Waals surface area (Å²) in [5, 5.41) is 9.19. The molecule has 1 fully saturated rings. The van der Waals surface area contributed by atoms with Crippen LogP contribution in [0.5, 0.6) is 0 Å². The number of likely N-dealkylation sites (tertiary alicyclic amines) is 1. The lowest BCUT2D eigenvalue weighted by molar-refractivity contribution is 0.265. The summed E-state index contributed by atoms with van der Waals surface area (Å²) < 4.78 is 0. The molecule has 0 saturated carbocycles. The van der Waals surface area contributed by atoms with Crippen molar-refractivity contribution in [2.75, 3.05) is 26.2 Å². The molecular weight excluding hydrogens is 304 g/mol. The first-order chi connectivity index (χ1) is 11.0. The number of guanidine groups is 1. The van der Waals surface area contributed by atoms with Crippen molar-refractivity contribution in [3.8, 4) is 0 Å². The molecule has 0 aliphatic carbocycles. The van der Waals surface area contributed by atoms with Crippen LogP contribution in [0.4, 0.5) is 0 Å². The topological polar surface area (TPSA) is 39.7 Å². The molecule has 1 aliphatic rings. The van der Waals surface area contributed by atoms with Gasteiger partial charge in [0.15, 0.2) is 5.96 Å². The predicted octanol–water partition coefficient (Wildman–Crippen LogP) is 3.14. The first-order valence-electron chi connectivity index (χ1n) is 8.83. The molecule has 3 unspecified atom stereocenters. The van der Waals surface area contributed by atoms with E-state index >= 15 is 0 Å². The van der Waals surface area contributed by atoms with E-state index in [4.69, 9.17) is 4.99 Å². The normalized spacial score (nSPS) is 24.2. The minimum Gasteiger partial charge on any atom is -0.357 e. The second kappa shape index (κ2) is 8.69. The van der Waals surface area contributed by atoms with Crippen LogP contribution in [0, 0.1) is 5.92 Å². The average molecular weight is 337 g/mol. The summed E-state index contributed by atoms with van der Waals surface area (Å²) in [4.78, 5) is 8.77. The van der Waals surface area contributed by atoms with Gasteiger partial charge >= 0.3 is 0 Å². The Balaban J connectivity index is 1.94. The van der Waals surface area contributed by atoms with Crippen LogP contribution in [0.3, 0.4) is 0 Å². The minimum atomic E-state index is 0.471. The van der Waals surface area contributed by atoms with E-state index in [2.05, 4.69) is 67.7 Å². The van der Waals surface area contributed by atoms with Gasteiger partial charge in [0.25, 0.3) is 0 Å². The fourth-order valence-electron chi connectivity index (χ4n) is 3.00. The molecule has 1 aromatic rings. The van der Waals surface area contributed by atoms with Crippen molar-refractivity contribution in [3.05, 3.63) is 22.4 Å². The van der Waals surface area contributed by atoms with Crippen molar-refractivity contribution in [1.29, 1.82) is 0 Å². The van der Waals surface area contributed by atoms with Gasteiger partial charge in [-0.2, -0.15) is 0 Å². The van der Waals surface area contributed by atoms with Crippen LogP contribution in [0.15, 0.2) is 22.5 Å². The molecule has 5 heteroatoms. The summed E-state index contributed by atoms with van der Waals surface area (Å²) in [6.07, 6.45) is 0. The van der Waals surface area contributed by atoms with Crippen molar-refractivity contribution in [2.24, 2.45) is 10.9 Å². The SMILES string of the molecule is CCNC(=NCC(C)c1cccs1)NC1CN(C(C)C)CC1C. The van der Waals surface area contributed by atoms with Crippen LogP contribution >= 0.6 is 11.3 Å². The van der Waals surface area contributed by atoms with E-state index in [0.29, 0.717) is 23.9 Å². The van der Waals surface area contributed by atoms with Gasteiger partial charge < -0.3 is 10.6 Å². The summed E-state index contributed by atoms with van der Waals surface area (Å²) >= 11 is 1.82. The summed E-state index contributed by atoms with van der Waals surface area (Å²) in [6, 6.07) is 5.41. The quantitative estimate of drug-likeness (QED) is 0.619. The van der Waals surface area contributed by atoms with E-state index in [1.165, 1.54) is 11.4 Å². The monoisotopic (exact) mass is 336 g/mol. The highest BCUT2D eigenvalue weighted by atomic mass is 32.1. The maximum Gasteiger partial charge on any atom is 0.191 e. The lowest BCUT2D eigenvalue weighted by Gasteiger charge is -2.22. The van der Waals surface area contributed by atoms with E-state index < -0.39 is 0 Å². The first kappa shape index (κ1) is 18.3. The van der Waals surface area contributed by atoms with Crippen molar-refractivity contribution in [3.63, 3.8) is 0 Å². The summed E-state index contributed by atoms with van der Waals surface area (Å²) in [5.74, 6) is 2.08. The third kappa shape index (κ3) is 5.21. The highest BCUT2D eigenvalue weighted by molar-refractivity contribution is 7.10. The molecule has 1 saturated heterocycles. The molecule has 2 N–H and O–H groups in total. The Kier molecular flexibility index (Phi) is 6.90. The van der Waals surface area contributed by atoms with Crippen molar-refractivity contribution < 1.29 is 0 Å². The van der Waals surface area contributed by atoms with Gasteiger partial charge in [0, 0.05) is 42.5 Å². The predicted molar refractivity (Wildman–Crippen MR) is 102 cm³/mol. The highest BCUT2D eigenvalue weighted by Crippen LogP contribution is 2.21. The summed E-state index contributed by atoms with van der Waals surface area (Å²) in [5.41, 5.74) is 0. The Morgan fingerprint density at radius 2 is 2.17 bits per heavy atom. The number of aliphatic imine (C=N–C) groups is 1. The van der Waals surface area contributed by atoms with Crippen LogP contribution in [0.1, 0.15) is 45.4 Å². The lowest BCUT2D eigenvalue weighted by atomic mass is 10.1. The number of hydrogen-bond donors (Lipinski definition) is 2. The van der Waals surface area contributed by atoms with Crippen molar-refractivity contribution in [1.82, 2.24) is 15.5 Å². The first-order valence-corrected chi connectivity index (χ1v) is 9.71. The molecule has 1 aliphatic heterocycles. The lowest BCUT2D eigenvalue weighted by Crippen LogP contribution is -2.47. The van der Waals surface area contributed by atoms with E-state index in [-0.39, 0.29) is 0 Å². The van der Waals surface area contributed by atoms with E-state index in [1.807, 2.05) is 11.3 Å². The van der Waals surface area contributed by atoms with Crippen LogP contribution in [-0.2, 0) is 0 Å². The number of nitrogens with zero attached hydrogens (tertiary/aromatic N) is 2. The molecule has 2 heterocycles. The molecule has 0 radical (unpaired) electrons. The molecule has 0 spiro atoms. The Morgan fingerprint density at radius 3 is 2.74 bits per heavy atom. The molecule has 0 aromatic carbocycles. The summed E-state index contributed by atoms with van der Waals surface area (Å²) in [6.45, 7) is 15.2. The van der Waals surface area contributed by atoms with Crippen LogP contribution in [-0.4, -0.2) is 49.1 Å². The highest BCUT2D eigenvalue weighted by Gasteiger charge is 2.31. The number of nitrogens with one attached hydrogen (secondary N) is 2. The second-order valence-electron chi connectivity index (χ2n) is 6.91. The van der Waals surface area contributed by atoms with E-state index in [0.717, 1.165) is 25.6 Å². The molecule has 0 bridgehead atoms. The number of rotatable bonds is 6. The fourth-order valence-corrected chi connectivity index (χ4v) is 3.78. The van der Waals surface area contributed by atoms with E-state index in [9.17, 15) is 0 Å². The molecule has 3 atom stereocenters. The Labute approximate surface area is 145 Å². The summed E-state index contributed by atoms with van der Waals surface area (Å²) in [7, 11) is 0. The van der Waals surface area contributed by atoms with Gasteiger partial charge in [0.05, 0.1) is 6.54 Å². The number of thiophene rings is 1. The molecule has 0 amide bonds. The van der Waals surface area contributed by atoms with Crippen LogP contribution < -0.4 is 10.6 Å². The smallest absolute Gasteiger partial charge is 0.191 e. The van der Waals surface area contributed by atoms with Gasteiger partial charge in [-0.3, -0.25) is 9.89 Å². The van der Waals surface area contributed by atoms with Crippen molar-refractivity contribution >= 4 is 17.3 Å². The third-order valence-corrected chi connectivity index (χ3v) is 5.69. The Morgan fingerprint density at radius 1 is 1.39 bits per heavy atom. The molecule has 130 valence electrons. The zero-order valence-corrected chi connectivity index (χ0v) is 16.0. The zero-order valence-electron chi connectivity index (χ0n) is 15.2. The van der Waals surface area contributed by atoms with Crippen LogP contribution in [0.2, 0.25) is 0 Å². The standard InChI is InChI=1S/C18H32N4S/c1-6-19-18(20-10-14(4)17-8-7-9-23-17)21-16-12-22(13(2)3)11-15(16)5/h7-9,13-16H,6,10-12H2,1-5H3,(H2,19,20,21). The van der Waals surface area contributed by atoms with Gasteiger partial charge in [0.1, 0.15) is 0 Å². The second-order valence-corrected chi connectivity index (χ2v) is 7.89. The van der Waals surface area contributed by atoms with Crippen molar-refractivity contribution in [2.45, 2.75) is 52.6 Å². The van der Waals surface area contributed by atoms with Gasteiger partial charge in [-0.1, -0.05) is 19.9 Å². The maximum absolute atomic E-state index is 4.82. The van der Waals surface area contributed by atoms with Crippen LogP contribution in [0.25, 0.3) is 0 Å². The maximum atomic E-state index is 4.82. The van der Waals surface area contributed by atoms with Gasteiger partial charge in [-0.15, -0.1) is 11.3 Å². The fraction of sp³-hybridized carbons (Fsp3) is 0.722. The van der Waals surface area contributed by atoms with Gasteiger partial charge in [-0.05, 0) is 38.1 Å². The minimum absolute atomic E-state index is 0.471. The van der Waals surface area contributed by atoms with Gasteiger partial charge in [-0.25, -0.2) is 0 Å². The van der Waals surface area contributed by atoms with E-state index in [1.54, 1.807) is 0 Å². The Bertz CT molecular complexity index is 483. The molecular formula is C18H32N4S. The largest absolute Gasteiger partial charge is 0.357 e.